The van der Waals surface area contributed by atoms with Gasteiger partial charge in [-0.3, -0.25) is 9.48 Å². The molecule has 2 aromatic rings. The molecule has 3 heterocycles. The Kier molecular flexibility index (Phi) is 6.02. The normalized spacial score (nSPS) is 16.8. The first kappa shape index (κ1) is 17.5. The van der Waals surface area contributed by atoms with Gasteiger partial charge in [0.05, 0.1) is 6.54 Å². The van der Waals surface area contributed by atoms with E-state index in [0.29, 0.717) is 6.54 Å². The van der Waals surface area contributed by atoms with Gasteiger partial charge in [-0.2, -0.15) is 5.10 Å². The number of piperidine rings is 1. The van der Waals surface area contributed by atoms with Gasteiger partial charge in [0.15, 0.2) is 0 Å². The van der Waals surface area contributed by atoms with Crippen LogP contribution in [-0.2, 0) is 16.9 Å². The third kappa shape index (κ3) is 3.37. The van der Waals surface area contributed by atoms with Crippen molar-refractivity contribution < 1.29 is 4.79 Å². The molecule has 0 spiro atoms. The number of carbonyl (C=O) groups excluding carboxylic acids is 1. The van der Waals surface area contributed by atoms with E-state index in [9.17, 15) is 4.79 Å². The molecule has 1 fully saturated rings. The largest absolute Gasteiger partial charge is 0.349 e. The van der Waals surface area contributed by atoms with Crippen molar-refractivity contribution in [3.63, 3.8) is 0 Å². The van der Waals surface area contributed by atoms with Crippen LogP contribution in [0, 0.1) is 0 Å². The van der Waals surface area contributed by atoms with Crippen molar-refractivity contribution in [1.29, 1.82) is 0 Å². The molecule has 1 amide bonds. The van der Waals surface area contributed by atoms with Gasteiger partial charge in [-0.05, 0) is 59.4 Å². The zero-order chi connectivity index (χ0) is 14.7. The van der Waals surface area contributed by atoms with Crippen LogP contribution in [0.4, 0.5) is 0 Å². The molecule has 22 heavy (non-hydrogen) atoms. The van der Waals surface area contributed by atoms with E-state index in [1.165, 1.54) is 0 Å². The summed E-state index contributed by atoms with van der Waals surface area (Å²) in [5.74, 6) is 0.0491. The molecule has 5 nitrogen and oxygen atoms in total. The molecule has 0 aliphatic carbocycles. The van der Waals surface area contributed by atoms with Gasteiger partial charge in [-0.15, -0.1) is 23.7 Å². The standard InChI is InChI=1S/C14H17BrN4OS.ClH/c15-11-2-9-21-12(11)10-17-13(20)14(3-6-16-7-4-14)19-8-1-5-18-19;/h1-2,5,8-9,16H,3-4,6-7,10H2,(H,17,20);1H. The Hall–Kier alpha value is -0.890. The lowest BCUT2D eigenvalue weighted by atomic mass is 9.87. The fourth-order valence-corrected chi connectivity index (χ4v) is 4.13. The monoisotopic (exact) mass is 404 g/mol. The first-order valence-corrected chi connectivity index (χ1v) is 8.61. The van der Waals surface area contributed by atoms with Gasteiger partial charge in [-0.1, -0.05) is 0 Å². The highest BCUT2D eigenvalue weighted by Gasteiger charge is 2.41. The number of halogens is 2. The number of carbonyl (C=O) groups is 1. The number of hydrogen-bond acceptors (Lipinski definition) is 4. The first-order valence-electron chi connectivity index (χ1n) is 6.93. The van der Waals surface area contributed by atoms with E-state index in [1.807, 2.05) is 28.4 Å². The number of rotatable bonds is 4. The van der Waals surface area contributed by atoms with Crippen LogP contribution >= 0.6 is 39.7 Å². The number of hydrogen-bond donors (Lipinski definition) is 2. The second-order valence-corrected chi connectivity index (χ2v) is 6.96. The third-order valence-electron chi connectivity index (χ3n) is 3.90. The molecule has 1 saturated heterocycles. The molecule has 0 bridgehead atoms. The van der Waals surface area contributed by atoms with Crippen LogP contribution in [0.3, 0.4) is 0 Å². The summed E-state index contributed by atoms with van der Waals surface area (Å²) >= 11 is 5.13. The Morgan fingerprint density at radius 3 is 2.86 bits per heavy atom. The molecule has 3 rings (SSSR count). The Morgan fingerprint density at radius 2 is 2.27 bits per heavy atom. The molecular formula is C14H18BrClN4OS. The zero-order valence-corrected chi connectivity index (χ0v) is 15.1. The van der Waals surface area contributed by atoms with Crippen molar-refractivity contribution in [3.05, 3.63) is 39.3 Å². The van der Waals surface area contributed by atoms with Gasteiger partial charge >= 0.3 is 0 Å². The summed E-state index contributed by atoms with van der Waals surface area (Å²) in [5.41, 5.74) is -0.571. The van der Waals surface area contributed by atoms with Crippen LogP contribution in [0.1, 0.15) is 17.7 Å². The van der Waals surface area contributed by atoms with Gasteiger partial charge in [0.1, 0.15) is 5.54 Å². The average molecular weight is 406 g/mol. The number of aromatic nitrogens is 2. The van der Waals surface area contributed by atoms with Crippen molar-refractivity contribution in [1.82, 2.24) is 20.4 Å². The van der Waals surface area contributed by atoms with Crippen LogP contribution in [0.25, 0.3) is 0 Å². The zero-order valence-electron chi connectivity index (χ0n) is 11.9. The molecule has 1 aliphatic rings. The fraction of sp³-hybridized carbons (Fsp3) is 0.429. The molecule has 8 heteroatoms. The van der Waals surface area contributed by atoms with Crippen LogP contribution in [0.2, 0.25) is 0 Å². The molecule has 2 N–H and O–H groups in total. The van der Waals surface area contributed by atoms with E-state index in [0.717, 1.165) is 35.3 Å². The van der Waals surface area contributed by atoms with E-state index in [2.05, 4.69) is 31.7 Å². The molecule has 1 aliphatic heterocycles. The van der Waals surface area contributed by atoms with Crippen molar-refractivity contribution in [2.45, 2.75) is 24.9 Å². The summed E-state index contributed by atoms with van der Waals surface area (Å²) in [7, 11) is 0. The predicted molar refractivity (Wildman–Crippen MR) is 93.4 cm³/mol. The minimum Gasteiger partial charge on any atom is -0.349 e. The average Bonchev–Trinajstić information content (AvgIpc) is 3.17. The molecule has 0 saturated carbocycles. The Labute approximate surface area is 148 Å². The second kappa shape index (κ2) is 7.59. The van der Waals surface area contributed by atoms with Gasteiger partial charge in [0.2, 0.25) is 5.91 Å². The molecule has 0 radical (unpaired) electrons. The first-order chi connectivity index (χ1) is 10.2. The lowest BCUT2D eigenvalue weighted by Gasteiger charge is -2.36. The molecule has 0 unspecified atom stereocenters. The fourth-order valence-electron chi connectivity index (χ4n) is 2.70. The van der Waals surface area contributed by atoms with E-state index in [1.54, 1.807) is 17.5 Å². The topological polar surface area (TPSA) is 59.0 Å². The van der Waals surface area contributed by atoms with Crippen LogP contribution in [-0.4, -0.2) is 28.8 Å². The number of thiophene rings is 1. The smallest absolute Gasteiger partial charge is 0.248 e. The maximum atomic E-state index is 12.8. The number of nitrogens with one attached hydrogen (secondary N) is 2. The van der Waals surface area contributed by atoms with E-state index in [4.69, 9.17) is 0 Å². The second-order valence-electron chi connectivity index (χ2n) is 5.11. The van der Waals surface area contributed by atoms with Gasteiger partial charge in [-0.25, -0.2) is 0 Å². The van der Waals surface area contributed by atoms with E-state index >= 15 is 0 Å². The highest BCUT2D eigenvalue weighted by molar-refractivity contribution is 9.10. The Bertz CT molecular complexity index is 610. The highest BCUT2D eigenvalue weighted by Crippen LogP contribution is 2.28. The maximum Gasteiger partial charge on any atom is 0.248 e. The van der Waals surface area contributed by atoms with Crippen molar-refractivity contribution >= 4 is 45.6 Å². The summed E-state index contributed by atoms with van der Waals surface area (Å²) in [6, 6.07) is 3.87. The third-order valence-corrected chi connectivity index (χ3v) is 5.82. The minimum absolute atomic E-state index is 0. The quantitative estimate of drug-likeness (QED) is 0.822. The van der Waals surface area contributed by atoms with Gasteiger partial charge in [0, 0.05) is 21.7 Å². The SMILES string of the molecule is Cl.O=C(NCc1sccc1Br)C1(n2cccn2)CCNCC1. The van der Waals surface area contributed by atoms with Crippen LogP contribution in [0.5, 0.6) is 0 Å². The summed E-state index contributed by atoms with van der Waals surface area (Å²) in [6.07, 6.45) is 5.12. The van der Waals surface area contributed by atoms with E-state index < -0.39 is 5.54 Å². The van der Waals surface area contributed by atoms with E-state index in [-0.39, 0.29) is 18.3 Å². The lowest BCUT2D eigenvalue weighted by molar-refractivity contribution is -0.132. The van der Waals surface area contributed by atoms with Crippen LogP contribution in [0.15, 0.2) is 34.4 Å². The maximum absolute atomic E-state index is 12.8. The predicted octanol–water partition coefficient (Wildman–Crippen LogP) is 2.52. The Morgan fingerprint density at radius 1 is 1.50 bits per heavy atom. The minimum atomic E-state index is -0.571. The van der Waals surface area contributed by atoms with Crippen molar-refractivity contribution in [3.8, 4) is 0 Å². The van der Waals surface area contributed by atoms with Crippen molar-refractivity contribution in [2.75, 3.05) is 13.1 Å². The van der Waals surface area contributed by atoms with Gasteiger partial charge in [0.25, 0.3) is 0 Å². The number of amides is 1. The molecule has 0 aromatic carbocycles. The molecule has 2 aromatic heterocycles. The lowest BCUT2D eigenvalue weighted by Crippen LogP contribution is -2.54. The number of nitrogens with zero attached hydrogens (tertiary/aromatic N) is 2. The summed E-state index contributed by atoms with van der Waals surface area (Å²) in [4.78, 5) is 13.9. The van der Waals surface area contributed by atoms with Crippen molar-refractivity contribution in [2.24, 2.45) is 0 Å². The Balaban J connectivity index is 0.00000176. The summed E-state index contributed by atoms with van der Waals surface area (Å²) in [6.45, 7) is 2.21. The highest BCUT2D eigenvalue weighted by atomic mass is 79.9. The summed E-state index contributed by atoms with van der Waals surface area (Å²) < 4.78 is 2.86. The molecule has 120 valence electrons. The van der Waals surface area contributed by atoms with Crippen LogP contribution < -0.4 is 10.6 Å². The summed E-state index contributed by atoms with van der Waals surface area (Å²) in [5, 5.41) is 12.7. The van der Waals surface area contributed by atoms with Gasteiger partial charge < -0.3 is 10.6 Å². The molecule has 0 atom stereocenters. The molecular weight excluding hydrogens is 388 g/mol.